The fourth-order valence-electron chi connectivity index (χ4n) is 5.27. The molecule has 1 aromatic carbocycles. The molecule has 3 fully saturated rings. The largest absolute Gasteiger partial charge is 0.310 e. The molecule has 5 rings (SSSR count). The summed E-state index contributed by atoms with van der Waals surface area (Å²) in [5.74, 6) is -1.82. The molecule has 8 nitrogen and oxygen atoms in total. The molecule has 2 atom stereocenters. The molecule has 3 saturated heterocycles. The van der Waals surface area contributed by atoms with Crippen LogP contribution in [0.5, 0.6) is 0 Å². The van der Waals surface area contributed by atoms with Crippen LogP contribution in [0.15, 0.2) is 18.2 Å². The van der Waals surface area contributed by atoms with Crippen molar-refractivity contribution in [1.29, 1.82) is 0 Å². The van der Waals surface area contributed by atoms with Crippen LogP contribution < -0.4 is 10.6 Å². The molecule has 0 aliphatic carbocycles. The molecule has 0 saturated carbocycles. The zero-order valence-electron chi connectivity index (χ0n) is 16.2. The first-order valence-electron chi connectivity index (χ1n) is 10.3. The van der Waals surface area contributed by atoms with E-state index in [-0.39, 0.29) is 24.3 Å². The van der Waals surface area contributed by atoms with E-state index in [9.17, 15) is 19.2 Å². The van der Waals surface area contributed by atoms with E-state index in [1.54, 1.807) is 12.1 Å². The van der Waals surface area contributed by atoms with Crippen LogP contribution in [0.25, 0.3) is 0 Å². The van der Waals surface area contributed by atoms with Gasteiger partial charge < -0.3 is 5.32 Å². The van der Waals surface area contributed by atoms with Crippen molar-refractivity contribution in [2.24, 2.45) is 0 Å². The third-order valence-electron chi connectivity index (χ3n) is 6.71. The highest BCUT2D eigenvalue weighted by Crippen LogP contribution is 2.34. The summed E-state index contributed by atoms with van der Waals surface area (Å²) < 4.78 is 0. The van der Waals surface area contributed by atoms with Crippen LogP contribution in [-0.4, -0.2) is 64.6 Å². The van der Waals surface area contributed by atoms with Crippen molar-refractivity contribution >= 4 is 23.6 Å². The first-order chi connectivity index (χ1) is 14.0. The minimum Gasteiger partial charge on any atom is -0.310 e. The van der Waals surface area contributed by atoms with Crippen molar-refractivity contribution in [3.8, 4) is 0 Å². The van der Waals surface area contributed by atoms with E-state index in [0.29, 0.717) is 17.7 Å². The quantitative estimate of drug-likeness (QED) is 0.719. The van der Waals surface area contributed by atoms with Gasteiger partial charge in [-0.1, -0.05) is 12.1 Å². The maximum absolute atomic E-state index is 13.2. The van der Waals surface area contributed by atoms with Gasteiger partial charge in [0.1, 0.15) is 6.04 Å². The molecule has 2 N–H and O–H groups in total. The highest BCUT2D eigenvalue weighted by Gasteiger charge is 2.46. The van der Waals surface area contributed by atoms with Crippen molar-refractivity contribution < 1.29 is 19.2 Å². The van der Waals surface area contributed by atoms with Gasteiger partial charge in [0.2, 0.25) is 11.8 Å². The number of hydrogen-bond acceptors (Lipinski definition) is 6. The molecule has 0 bridgehead atoms. The SMILES string of the molecule is O=C1CCC(N2C(=O)c3cccc(CN4CCC5(CCCN5)C4)c3C2=O)C(=O)N1. The van der Waals surface area contributed by atoms with Gasteiger partial charge in [0.25, 0.3) is 11.8 Å². The van der Waals surface area contributed by atoms with E-state index in [0.717, 1.165) is 36.5 Å². The Hall–Kier alpha value is -2.58. The summed E-state index contributed by atoms with van der Waals surface area (Å²) in [6.45, 7) is 3.56. The van der Waals surface area contributed by atoms with Crippen LogP contribution >= 0.6 is 0 Å². The number of imide groups is 2. The Morgan fingerprint density at radius 2 is 1.97 bits per heavy atom. The average molecular weight is 396 g/mol. The number of fused-ring (bicyclic) bond motifs is 1. The maximum atomic E-state index is 13.2. The Morgan fingerprint density at radius 1 is 1.10 bits per heavy atom. The van der Waals surface area contributed by atoms with Crippen LogP contribution in [0.4, 0.5) is 0 Å². The summed E-state index contributed by atoms with van der Waals surface area (Å²) in [5.41, 5.74) is 1.77. The number of amides is 4. The maximum Gasteiger partial charge on any atom is 0.262 e. The lowest BCUT2D eigenvalue weighted by Gasteiger charge is -2.28. The van der Waals surface area contributed by atoms with Gasteiger partial charge in [-0.3, -0.25) is 34.3 Å². The molecular weight excluding hydrogens is 372 g/mol. The summed E-state index contributed by atoms with van der Waals surface area (Å²) in [7, 11) is 0. The predicted octanol–water partition coefficient (Wildman–Crippen LogP) is 0.416. The van der Waals surface area contributed by atoms with Gasteiger partial charge in [0, 0.05) is 31.6 Å². The van der Waals surface area contributed by atoms with Crippen LogP contribution in [0.2, 0.25) is 0 Å². The van der Waals surface area contributed by atoms with Crippen molar-refractivity contribution in [1.82, 2.24) is 20.4 Å². The number of nitrogens with zero attached hydrogens (tertiary/aromatic N) is 2. The fraction of sp³-hybridized carbons (Fsp3) is 0.524. The van der Waals surface area contributed by atoms with Crippen LogP contribution in [0.1, 0.15) is 58.4 Å². The van der Waals surface area contributed by atoms with E-state index in [2.05, 4.69) is 15.5 Å². The molecular formula is C21H24N4O4. The van der Waals surface area contributed by atoms with E-state index in [1.807, 2.05) is 6.07 Å². The minimum atomic E-state index is -0.925. The minimum absolute atomic E-state index is 0.125. The number of piperidine rings is 1. The Bertz CT molecular complexity index is 921. The monoisotopic (exact) mass is 396 g/mol. The summed E-state index contributed by atoms with van der Waals surface area (Å²) in [5, 5.41) is 5.87. The number of carbonyl (C=O) groups excluding carboxylic acids is 4. The smallest absolute Gasteiger partial charge is 0.262 e. The molecule has 152 valence electrons. The third kappa shape index (κ3) is 2.98. The second kappa shape index (κ2) is 6.74. The first-order valence-corrected chi connectivity index (χ1v) is 10.3. The van der Waals surface area contributed by atoms with Gasteiger partial charge in [-0.15, -0.1) is 0 Å². The Labute approximate surface area is 168 Å². The molecule has 1 spiro atoms. The van der Waals surface area contributed by atoms with Gasteiger partial charge in [-0.05, 0) is 43.9 Å². The molecule has 2 unspecified atom stereocenters. The van der Waals surface area contributed by atoms with Gasteiger partial charge in [-0.2, -0.15) is 0 Å². The van der Waals surface area contributed by atoms with Crippen LogP contribution in [-0.2, 0) is 16.1 Å². The average Bonchev–Trinajstić information content (AvgIpc) is 3.38. The molecule has 4 aliphatic rings. The lowest BCUT2D eigenvalue weighted by molar-refractivity contribution is -0.136. The van der Waals surface area contributed by atoms with Gasteiger partial charge >= 0.3 is 0 Å². The van der Waals surface area contributed by atoms with Crippen molar-refractivity contribution in [3.05, 3.63) is 34.9 Å². The van der Waals surface area contributed by atoms with E-state index in [1.165, 1.54) is 12.8 Å². The van der Waals surface area contributed by atoms with Gasteiger partial charge in [0.05, 0.1) is 11.1 Å². The third-order valence-corrected chi connectivity index (χ3v) is 6.71. The lowest BCUT2D eigenvalue weighted by atomic mass is 9.97. The van der Waals surface area contributed by atoms with E-state index in [4.69, 9.17) is 0 Å². The summed E-state index contributed by atoms with van der Waals surface area (Å²) in [6, 6.07) is 4.41. The molecule has 4 heterocycles. The van der Waals surface area contributed by atoms with Gasteiger partial charge in [0.15, 0.2) is 0 Å². The summed E-state index contributed by atoms with van der Waals surface area (Å²) in [4.78, 5) is 53.2. The Balaban J connectivity index is 1.39. The van der Waals surface area contributed by atoms with E-state index < -0.39 is 23.8 Å². The summed E-state index contributed by atoms with van der Waals surface area (Å²) >= 11 is 0. The van der Waals surface area contributed by atoms with E-state index >= 15 is 0 Å². The number of hydrogen-bond donors (Lipinski definition) is 2. The topological polar surface area (TPSA) is 98.8 Å². The molecule has 0 aromatic heterocycles. The molecule has 4 amide bonds. The predicted molar refractivity (Wildman–Crippen MR) is 103 cm³/mol. The fourth-order valence-corrected chi connectivity index (χ4v) is 5.27. The second-order valence-corrected chi connectivity index (χ2v) is 8.56. The zero-order valence-corrected chi connectivity index (χ0v) is 16.2. The number of nitrogens with one attached hydrogen (secondary N) is 2. The summed E-state index contributed by atoms with van der Waals surface area (Å²) in [6.07, 6.45) is 3.77. The Kier molecular flexibility index (Phi) is 4.29. The highest BCUT2D eigenvalue weighted by molar-refractivity contribution is 6.24. The second-order valence-electron chi connectivity index (χ2n) is 8.56. The molecule has 0 radical (unpaired) electrons. The van der Waals surface area contributed by atoms with Crippen LogP contribution in [0.3, 0.4) is 0 Å². The molecule has 4 aliphatic heterocycles. The highest BCUT2D eigenvalue weighted by atomic mass is 16.2. The lowest BCUT2D eigenvalue weighted by Crippen LogP contribution is -2.54. The Morgan fingerprint density at radius 3 is 2.72 bits per heavy atom. The number of carbonyl (C=O) groups is 4. The normalized spacial score (nSPS) is 29.8. The van der Waals surface area contributed by atoms with Crippen molar-refractivity contribution in [2.75, 3.05) is 19.6 Å². The number of rotatable bonds is 3. The molecule has 1 aromatic rings. The van der Waals surface area contributed by atoms with Crippen LogP contribution in [0, 0.1) is 0 Å². The number of likely N-dealkylation sites (tertiary alicyclic amines) is 1. The van der Waals surface area contributed by atoms with Gasteiger partial charge in [-0.25, -0.2) is 0 Å². The number of benzene rings is 1. The van der Waals surface area contributed by atoms with Crippen molar-refractivity contribution in [2.45, 2.75) is 50.2 Å². The van der Waals surface area contributed by atoms with Crippen molar-refractivity contribution in [3.63, 3.8) is 0 Å². The molecule has 8 heteroatoms. The molecule has 29 heavy (non-hydrogen) atoms. The first kappa shape index (κ1) is 18.4. The zero-order chi connectivity index (χ0) is 20.2. The standard InChI is InChI=1S/C21H24N4O4/c26-16-6-5-15(18(27)23-16)25-19(28)14-4-1-3-13(17(14)20(25)29)11-24-10-8-21(12-24)7-2-9-22-21/h1,3-4,15,22H,2,5-12H2,(H,23,26,27).